The van der Waals surface area contributed by atoms with Crippen molar-refractivity contribution in [3.63, 3.8) is 0 Å². The van der Waals surface area contributed by atoms with Crippen molar-refractivity contribution >= 4 is 34.4 Å². The van der Waals surface area contributed by atoms with Crippen molar-refractivity contribution in [2.45, 2.75) is 27.3 Å². The molecule has 0 saturated carbocycles. The Morgan fingerprint density at radius 2 is 1.86 bits per heavy atom. The molecule has 0 aliphatic rings. The van der Waals surface area contributed by atoms with E-state index in [0.29, 0.717) is 17.3 Å². The molecular weight excluding hydrogens is 374 g/mol. The molecule has 28 heavy (non-hydrogen) atoms. The normalized spacial score (nSPS) is 10.5. The molecule has 0 radical (unpaired) electrons. The van der Waals surface area contributed by atoms with Crippen LogP contribution in [-0.2, 0) is 6.54 Å². The molecule has 0 aliphatic carbocycles. The smallest absolute Gasteiger partial charge is 0.269 e. The highest BCUT2D eigenvalue weighted by Crippen LogP contribution is 2.22. The van der Waals surface area contributed by atoms with Crippen LogP contribution in [0.5, 0.6) is 0 Å². The van der Waals surface area contributed by atoms with Crippen molar-refractivity contribution in [2.75, 3.05) is 10.6 Å². The predicted molar refractivity (Wildman–Crippen MR) is 115 cm³/mol. The standard InChI is InChI=1S/C20H21N5O2S/c1-13-5-4-6-16(11-13)12-24-15(3)19(14(2)23-24)22-20(28)21-17-7-9-18(10-8-17)25(26)27/h4-11H,12H2,1-3H3,(H2,21,22,28). The Hall–Kier alpha value is -3.26. The Kier molecular flexibility index (Phi) is 5.70. The third-order valence-corrected chi connectivity index (χ3v) is 4.57. The maximum Gasteiger partial charge on any atom is 0.269 e. The van der Waals surface area contributed by atoms with Crippen LogP contribution in [0.15, 0.2) is 48.5 Å². The van der Waals surface area contributed by atoms with Crippen LogP contribution in [0, 0.1) is 30.9 Å². The fourth-order valence-electron chi connectivity index (χ4n) is 2.96. The minimum absolute atomic E-state index is 0.0357. The molecule has 7 nitrogen and oxygen atoms in total. The molecule has 3 aromatic rings. The summed E-state index contributed by atoms with van der Waals surface area (Å²) in [5.41, 5.74) is 5.78. The van der Waals surface area contributed by atoms with E-state index in [1.54, 1.807) is 12.1 Å². The first-order chi connectivity index (χ1) is 13.3. The first-order valence-electron chi connectivity index (χ1n) is 8.75. The van der Waals surface area contributed by atoms with Gasteiger partial charge in [0.2, 0.25) is 0 Å². The third kappa shape index (κ3) is 4.52. The molecule has 0 atom stereocenters. The van der Waals surface area contributed by atoms with Crippen LogP contribution in [0.3, 0.4) is 0 Å². The summed E-state index contributed by atoms with van der Waals surface area (Å²) >= 11 is 5.38. The molecule has 0 bridgehead atoms. The Labute approximate surface area is 168 Å². The zero-order valence-electron chi connectivity index (χ0n) is 15.9. The van der Waals surface area contributed by atoms with E-state index < -0.39 is 4.92 Å². The predicted octanol–water partition coefficient (Wildman–Crippen LogP) is 4.57. The summed E-state index contributed by atoms with van der Waals surface area (Å²) in [6, 6.07) is 14.4. The summed E-state index contributed by atoms with van der Waals surface area (Å²) in [4.78, 5) is 10.3. The zero-order chi connectivity index (χ0) is 20.3. The minimum Gasteiger partial charge on any atom is -0.332 e. The van der Waals surface area contributed by atoms with E-state index in [9.17, 15) is 10.1 Å². The van der Waals surface area contributed by atoms with Gasteiger partial charge in [0.05, 0.1) is 28.5 Å². The number of nitrogens with one attached hydrogen (secondary N) is 2. The lowest BCUT2D eigenvalue weighted by atomic mass is 10.1. The molecule has 144 valence electrons. The van der Waals surface area contributed by atoms with Crippen LogP contribution in [-0.4, -0.2) is 19.8 Å². The molecule has 3 rings (SSSR count). The Bertz CT molecular complexity index is 1030. The van der Waals surface area contributed by atoms with Gasteiger partial charge >= 0.3 is 0 Å². The maximum absolute atomic E-state index is 10.7. The molecule has 8 heteroatoms. The molecule has 1 heterocycles. The van der Waals surface area contributed by atoms with Crippen LogP contribution >= 0.6 is 12.2 Å². The largest absolute Gasteiger partial charge is 0.332 e. The zero-order valence-corrected chi connectivity index (χ0v) is 16.7. The molecule has 2 N–H and O–H groups in total. The van der Waals surface area contributed by atoms with E-state index >= 15 is 0 Å². The Morgan fingerprint density at radius 3 is 2.50 bits per heavy atom. The number of hydrogen-bond acceptors (Lipinski definition) is 4. The van der Waals surface area contributed by atoms with Gasteiger partial charge in [-0.3, -0.25) is 14.8 Å². The highest BCUT2D eigenvalue weighted by atomic mass is 32.1. The molecule has 0 fully saturated rings. The van der Waals surface area contributed by atoms with Gasteiger partial charge in [-0.25, -0.2) is 0 Å². The second-order valence-electron chi connectivity index (χ2n) is 6.58. The number of thiocarbonyl (C=S) groups is 1. The average molecular weight is 395 g/mol. The second kappa shape index (κ2) is 8.18. The number of nitro groups is 1. The lowest BCUT2D eigenvalue weighted by Gasteiger charge is -2.11. The van der Waals surface area contributed by atoms with Crippen molar-refractivity contribution in [3.05, 3.63) is 81.2 Å². The summed E-state index contributed by atoms with van der Waals surface area (Å²) in [7, 11) is 0. The van der Waals surface area contributed by atoms with Gasteiger partial charge in [-0.1, -0.05) is 29.8 Å². The van der Waals surface area contributed by atoms with Crippen LogP contribution in [0.4, 0.5) is 17.1 Å². The number of non-ortho nitro benzene ring substituents is 1. The monoisotopic (exact) mass is 395 g/mol. The highest BCUT2D eigenvalue weighted by molar-refractivity contribution is 7.80. The summed E-state index contributed by atoms with van der Waals surface area (Å²) in [5.74, 6) is 0. The van der Waals surface area contributed by atoms with Gasteiger partial charge in [0.25, 0.3) is 5.69 Å². The van der Waals surface area contributed by atoms with Gasteiger partial charge in [0.15, 0.2) is 5.11 Å². The minimum atomic E-state index is -0.435. The first kappa shape index (κ1) is 19.5. The van der Waals surface area contributed by atoms with E-state index in [-0.39, 0.29) is 5.69 Å². The van der Waals surface area contributed by atoms with E-state index in [1.807, 2.05) is 24.6 Å². The third-order valence-electron chi connectivity index (χ3n) is 4.37. The van der Waals surface area contributed by atoms with E-state index in [4.69, 9.17) is 12.2 Å². The molecule has 1 aromatic heterocycles. The van der Waals surface area contributed by atoms with Gasteiger partial charge in [0, 0.05) is 17.8 Å². The number of aromatic nitrogens is 2. The van der Waals surface area contributed by atoms with Crippen LogP contribution in [0.2, 0.25) is 0 Å². The molecule has 0 spiro atoms. The van der Waals surface area contributed by atoms with Crippen molar-refractivity contribution < 1.29 is 4.92 Å². The van der Waals surface area contributed by atoms with Crippen LogP contribution in [0.1, 0.15) is 22.5 Å². The highest BCUT2D eigenvalue weighted by Gasteiger charge is 2.13. The van der Waals surface area contributed by atoms with E-state index in [2.05, 4.69) is 40.9 Å². The summed E-state index contributed by atoms with van der Waals surface area (Å²) in [5, 5.41) is 22.0. The molecule has 0 saturated heterocycles. The number of rotatable bonds is 5. The number of benzene rings is 2. The maximum atomic E-state index is 10.7. The summed E-state index contributed by atoms with van der Waals surface area (Å²) in [6.07, 6.45) is 0. The van der Waals surface area contributed by atoms with Crippen molar-refractivity contribution in [1.29, 1.82) is 0 Å². The number of nitrogens with zero attached hydrogens (tertiary/aromatic N) is 3. The van der Waals surface area contributed by atoms with Crippen LogP contribution in [0.25, 0.3) is 0 Å². The Morgan fingerprint density at radius 1 is 1.14 bits per heavy atom. The van der Waals surface area contributed by atoms with Crippen LogP contribution < -0.4 is 10.6 Å². The van der Waals surface area contributed by atoms with E-state index in [0.717, 1.165) is 17.1 Å². The van der Waals surface area contributed by atoms with Gasteiger partial charge < -0.3 is 10.6 Å². The SMILES string of the molecule is Cc1cccc(Cn2nc(C)c(NC(=S)Nc3ccc([N+](=O)[O-])cc3)c2C)c1. The van der Waals surface area contributed by atoms with Crippen molar-refractivity contribution in [1.82, 2.24) is 9.78 Å². The fourth-order valence-corrected chi connectivity index (χ4v) is 3.18. The number of anilines is 2. The quantitative estimate of drug-likeness (QED) is 0.374. The number of aryl methyl sites for hydroxylation is 2. The van der Waals surface area contributed by atoms with Gasteiger partial charge in [-0.15, -0.1) is 0 Å². The fraction of sp³-hybridized carbons (Fsp3) is 0.200. The van der Waals surface area contributed by atoms with Gasteiger partial charge in [-0.2, -0.15) is 5.10 Å². The second-order valence-corrected chi connectivity index (χ2v) is 6.98. The van der Waals surface area contributed by atoms with Crippen molar-refractivity contribution in [3.8, 4) is 0 Å². The summed E-state index contributed by atoms with van der Waals surface area (Å²) in [6.45, 7) is 6.67. The van der Waals surface area contributed by atoms with Gasteiger partial charge in [0.1, 0.15) is 0 Å². The van der Waals surface area contributed by atoms with Gasteiger partial charge in [-0.05, 0) is 50.7 Å². The summed E-state index contributed by atoms with van der Waals surface area (Å²) < 4.78 is 1.95. The Balaban J connectivity index is 1.70. The first-order valence-corrected chi connectivity index (χ1v) is 9.16. The number of hydrogen-bond donors (Lipinski definition) is 2. The molecule has 0 amide bonds. The topological polar surface area (TPSA) is 85.0 Å². The lowest BCUT2D eigenvalue weighted by Crippen LogP contribution is -2.20. The molecule has 0 aliphatic heterocycles. The lowest BCUT2D eigenvalue weighted by molar-refractivity contribution is -0.384. The molecule has 0 unspecified atom stereocenters. The average Bonchev–Trinajstić information content (AvgIpc) is 2.89. The molecular formula is C20H21N5O2S. The van der Waals surface area contributed by atoms with Crippen molar-refractivity contribution in [2.24, 2.45) is 0 Å². The molecule has 2 aromatic carbocycles. The number of nitro benzene ring substituents is 1. The van der Waals surface area contributed by atoms with E-state index in [1.165, 1.54) is 23.3 Å².